The van der Waals surface area contributed by atoms with Gasteiger partial charge in [-0.1, -0.05) is 37.8 Å². The molecule has 0 aromatic carbocycles. The van der Waals surface area contributed by atoms with Crippen LogP contribution in [0.15, 0.2) is 23.3 Å². The van der Waals surface area contributed by atoms with Gasteiger partial charge in [-0.05, 0) is 44.6 Å². The highest BCUT2D eigenvalue weighted by Crippen LogP contribution is 2.19. The van der Waals surface area contributed by atoms with Crippen molar-refractivity contribution in [3.05, 3.63) is 23.3 Å². The van der Waals surface area contributed by atoms with Gasteiger partial charge < -0.3 is 15.3 Å². The predicted octanol–water partition coefficient (Wildman–Crippen LogP) is 3.29. The number of hydrogen-bond donors (Lipinski definition) is 3. The lowest BCUT2D eigenvalue weighted by Crippen LogP contribution is -2.08. The maximum Gasteiger partial charge on any atom is 0.328 e. The van der Waals surface area contributed by atoms with Crippen LogP contribution in [0.5, 0.6) is 0 Å². The van der Waals surface area contributed by atoms with Gasteiger partial charge in [-0.25, -0.2) is 4.79 Å². The first-order valence-electron chi connectivity index (χ1n) is 7.72. The van der Waals surface area contributed by atoms with E-state index < -0.39 is 5.97 Å². The lowest BCUT2D eigenvalue weighted by atomic mass is 9.94. The summed E-state index contributed by atoms with van der Waals surface area (Å²) in [5, 5.41) is 26.9. The number of hydrogen-bond acceptors (Lipinski definition) is 3. The fourth-order valence-corrected chi connectivity index (χ4v) is 2.50. The summed E-state index contributed by atoms with van der Waals surface area (Å²) in [5.41, 5.74) is 1.96. The van der Waals surface area contributed by atoms with Crippen molar-refractivity contribution in [2.24, 2.45) is 5.92 Å². The number of carbonyl (C=O) groups is 1. The molecule has 0 amide bonds. The third-order valence-corrected chi connectivity index (χ3v) is 3.44. The van der Waals surface area contributed by atoms with Crippen molar-refractivity contribution in [2.45, 2.75) is 65.4 Å². The second-order valence-corrected chi connectivity index (χ2v) is 5.98. The first-order valence-corrected chi connectivity index (χ1v) is 7.72. The third kappa shape index (κ3) is 12.3. The minimum Gasteiger partial charge on any atom is -0.478 e. The van der Waals surface area contributed by atoms with Crippen molar-refractivity contribution in [3.8, 4) is 0 Å². The molecule has 0 unspecified atom stereocenters. The van der Waals surface area contributed by atoms with E-state index >= 15 is 0 Å². The van der Waals surface area contributed by atoms with Gasteiger partial charge in [0, 0.05) is 12.7 Å². The number of carboxylic acids is 1. The predicted molar refractivity (Wildman–Crippen MR) is 85.1 cm³/mol. The molecule has 0 aromatic rings. The molecular weight excluding hydrogens is 268 g/mol. The Bertz CT molecular complexity index is 358. The third-order valence-electron chi connectivity index (χ3n) is 3.44. The van der Waals surface area contributed by atoms with Crippen molar-refractivity contribution in [3.63, 3.8) is 0 Å². The van der Waals surface area contributed by atoms with E-state index in [9.17, 15) is 9.90 Å². The van der Waals surface area contributed by atoms with Gasteiger partial charge in [0.1, 0.15) is 0 Å². The van der Waals surface area contributed by atoms with E-state index in [0.717, 1.165) is 37.7 Å². The molecule has 0 heterocycles. The van der Waals surface area contributed by atoms with Crippen LogP contribution in [-0.2, 0) is 4.79 Å². The van der Waals surface area contributed by atoms with Crippen LogP contribution >= 0.6 is 0 Å². The summed E-state index contributed by atoms with van der Waals surface area (Å²) >= 11 is 0. The summed E-state index contributed by atoms with van der Waals surface area (Å²) in [4.78, 5) is 10.5. The number of allylic oxidation sites excluding steroid dienone is 3. The average Bonchev–Trinajstić information content (AvgIpc) is 2.33. The Morgan fingerprint density at radius 2 is 1.71 bits per heavy atom. The van der Waals surface area contributed by atoms with Crippen LogP contribution in [-0.4, -0.2) is 34.0 Å². The number of aliphatic hydroxyl groups excluding tert-OH is 2. The summed E-state index contributed by atoms with van der Waals surface area (Å²) in [6, 6.07) is 0. The van der Waals surface area contributed by atoms with Crippen LogP contribution < -0.4 is 0 Å². The average molecular weight is 298 g/mol. The molecule has 0 aromatic heterocycles. The Morgan fingerprint density at radius 3 is 2.29 bits per heavy atom. The highest BCUT2D eigenvalue weighted by atomic mass is 16.4. The largest absolute Gasteiger partial charge is 0.478 e. The van der Waals surface area contributed by atoms with Crippen molar-refractivity contribution in [2.75, 3.05) is 6.61 Å². The molecule has 4 heteroatoms. The van der Waals surface area contributed by atoms with Crippen LogP contribution in [0.3, 0.4) is 0 Å². The van der Waals surface area contributed by atoms with Crippen LogP contribution in [0, 0.1) is 5.92 Å². The van der Waals surface area contributed by atoms with Gasteiger partial charge >= 0.3 is 5.97 Å². The van der Waals surface area contributed by atoms with E-state index in [0.29, 0.717) is 12.3 Å². The SMILES string of the molecule is CC(=C\C(=O)O)/C=C(\C)C[C@@H](C)CCCC[C@H](O)CCO. The summed E-state index contributed by atoms with van der Waals surface area (Å²) in [5.74, 6) is -0.361. The lowest BCUT2D eigenvalue weighted by molar-refractivity contribution is -0.131. The molecule has 3 N–H and O–H groups in total. The first-order chi connectivity index (χ1) is 9.85. The molecule has 0 fully saturated rings. The molecule has 2 atom stereocenters. The molecule has 21 heavy (non-hydrogen) atoms. The van der Waals surface area contributed by atoms with Gasteiger partial charge in [-0.3, -0.25) is 0 Å². The van der Waals surface area contributed by atoms with E-state index in [4.69, 9.17) is 10.2 Å². The zero-order chi connectivity index (χ0) is 16.3. The fraction of sp³-hybridized carbons (Fsp3) is 0.706. The summed E-state index contributed by atoms with van der Waals surface area (Å²) < 4.78 is 0. The van der Waals surface area contributed by atoms with E-state index in [-0.39, 0.29) is 12.7 Å². The summed E-state index contributed by atoms with van der Waals surface area (Å²) in [7, 11) is 0. The minimum atomic E-state index is -0.911. The molecule has 0 aliphatic rings. The van der Waals surface area contributed by atoms with Crippen LogP contribution in [0.1, 0.15) is 59.3 Å². The zero-order valence-corrected chi connectivity index (χ0v) is 13.5. The lowest BCUT2D eigenvalue weighted by Gasteiger charge is -2.13. The molecule has 0 rings (SSSR count). The number of carboxylic acid groups (broad SMARTS) is 1. The molecule has 0 spiro atoms. The van der Waals surface area contributed by atoms with E-state index in [1.165, 1.54) is 11.6 Å². The molecule has 0 aliphatic carbocycles. The van der Waals surface area contributed by atoms with Crippen LogP contribution in [0.25, 0.3) is 0 Å². The first kappa shape index (κ1) is 19.9. The molecule has 4 nitrogen and oxygen atoms in total. The van der Waals surface area contributed by atoms with E-state index in [1.807, 2.05) is 13.0 Å². The van der Waals surface area contributed by atoms with Gasteiger partial charge in [-0.15, -0.1) is 0 Å². The number of aliphatic hydroxyl groups is 2. The van der Waals surface area contributed by atoms with Crippen LogP contribution in [0.4, 0.5) is 0 Å². The summed E-state index contributed by atoms with van der Waals surface area (Å²) in [6.07, 6.45) is 8.09. The van der Waals surface area contributed by atoms with Crippen molar-refractivity contribution in [1.82, 2.24) is 0 Å². The van der Waals surface area contributed by atoms with Crippen molar-refractivity contribution >= 4 is 5.97 Å². The molecule has 0 radical (unpaired) electrons. The van der Waals surface area contributed by atoms with Crippen molar-refractivity contribution < 1.29 is 20.1 Å². The van der Waals surface area contributed by atoms with Crippen LogP contribution in [0.2, 0.25) is 0 Å². The normalized spacial score (nSPS) is 15.9. The Kier molecular flexibility index (Phi) is 10.9. The number of aliphatic carboxylic acids is 1. The Balaban J connectivity index is 3.95. The fourth-order valence-electron chi connectivity index (χ4n) is 2.50. The Hall–Kier alpha value is -1.13. The van der Waals surface area contributed by atoms with Gasteiger partial charge in [0.2, 0.25) is 0 Å². The topological polar surface area (TPSA) is 77.8 Å². The molecule has 0 saturated heterocycles. The molecule has 0 saturated carbocycles. The second kappa shape index (κ2) is 11.5. The smallest absolute Gasteiger partial charge is 0.328 e. The second-order valence-electron chi connectivity index (χ2n) is 5.98. The minimum absolute atomic E-state index is 0.0464. The zero-order valence-electron chi connectivity index (χ0n) is 13.5. The maximum atomic E-state index is 10.5. The standard InChI is InChI=1S/C17H30O4/c1-13(6-4-5-7-16(19)8-9-18)10-14(2)11-15(3)12-17(20)21/h11-13,16,18-19H,4-10H2,1-3H3,(H,20,21)/b14-11+,15-12+/t13-,16-/m0/s1. The monoisotopic (exact) mass is 298 g/mol. The van der Waals surface area contributed by atoms with E-state index in [2.05, 4.69) is 6.92 Å². The van der Waals surface area contributed by atoms with Gasteiger partial charge in [0.15, 0.2) is 0 Å². The Labute approximate surface area is 128 Å². The van der Waals surface area contributed by atoms with Gasteiger partial charge in [0.05, 0.1) is 6.10 Å². The van der Waals surface area contributed by atoms with Crippen molar-refractivity contribution in [1.29, 1.82) is 0 Å². The highest BCUT2D eigenvalue weighted by molar-refractivity contribution is 5.81. The highest BCUT2D eigenvalue weighted by Gasteiger charge is 2.06. The molecular formula is C17H30O4. The Morgan fingerprint density at radius 1 is 1.10 bits per heavy atom. The quantitative estimate of drug-likeness (QED) is 0.311. The molecule has 0 bridgehead atoms. The van der Waals surface area contributed by atoms with Gasteiger partial charge in [-0.2, -0.15) is 0 Å². The van der Waals surface area contributed by atoms with Gasteiger partial charge in [0.25, 0.3) is 0 Å². The number of rotatable bonds is 11. The maximum absolute atomic E-state index is 10.5. The number of unbranched alkanes of at least 4 members (excludes halogenated alkanes) is 1. The molecule has 0 aliphatic heterocycles. The van der Waals surface area contributed by atoms with E-state index in [1.54, 1.807) is 6.92 Å². The summed E-state index contributed by atoms with van der Waals surface area (Å²) in [6.45, 7) is 6.06. The molecule has 122 valence electrons.